The predicted molar refractivity (Wildman–Crippen MR) is 161 cm³/mol. The van der Waals surface area contributed by atoms with Crippen LogP contribution >= 0.6 is 0 Å². The molecule has 3 aromatic rings. The quantitative estimate of drug-likeness (QED) is 0.166. The molecule has 2 aromatic carbocycles. The third-order valence-corrected chi connectivity index (χ3v) is 7.02. The Kier molecular flexibility index (Phi) is 14.5. The maximum atomic E-state index is 11.7. The average Bonchev–Trinajstić information content (AvgIpc) is 3.04. The van der Waals surface area contributed by atoms with Crippen LogP contribution in [-0.4, -0.2) is 64.8 Å². The molecule has 236 valence electrons. The van der Waals surface area contributed by atoms with Gasteiger partial charge in [-0.1, -0.05) is 74.5 Å². The minimum atomic E-state index is -1.05. The number of pyridine rings is 1. The van der Waals surface area contributed by atoms with E-state index in [0.29, 0.717) is 31.8 Å². The molecule has 1 unspecified atom stereocenters. The maximum Gasteiger partial charge on any atom is 0.264 e. The zero-order chi connectivity index (χ0) is 31.0. The Hall–Kier alpha value is -3.41. The van der Waals surface area contributed by atoms with Crippen molar-refractivity contribution in [1.29, 1.82) is 0 Å². The van der Waals surface area contributed by atoms with E-state index in [1.54, 1.807) is 0 Å². The van der Waals surface area contributed by atoms with Gasteiger partial charge in [0.1, 0.15) is 0 Å². The lowest BCUT2D eigenvalue weighted by molar-refractivity contribution is -0.0626. The van der Waals surface area contributed by atoms with E-state index < -0.39 is 6.10 Å². The van der Waals surface area contributed by atoms with Gasteiger partial charge in [-0.25, -0.2) is 0 Å². The Morgan fingerprint density at radius 3 is 1.88 bits per heavy atom. The highest BCUT2D eigenvalue weighted by Gasteiger charge is 2.33. The van der Waals surface area contributed by atoms with Crippen molar-refractivity contribution in [3.05, 3.63) is 77.4 Å². The third kappa shape index (κ3) is 10.1. The molecule has 0 bridgehead atoms. The molecule has 43 heavy (non-hydrogen) atoms. The van der Waals surface area contributed by atoms with Gasteiger partial charge in [-0.2, -0.15) is 4.98 Å². The van der Waals surface area contributed by atoms with E-state index in [2.05, 4.69) is 11.9 Å². The van der Waals surface area contributed by atoms with E-state index in [0.717, 1.165) is 11.1 Å². The standard InChI is InChI=1S/C33H45NO9/c1-23(27(41-19-26-15-11-8-12-16-26)20-40-18-25-13-9-7-10-14-25)17-24(2)29(35)28-30(42-21-36-3)31(38-5)33(39-6)34-32(28)43-22-37-4/h7-16,23-24,27,29,35H,17-22H2,1-6H3/t23-,24-,27+,29?/m0/s1. The zero-order valence-electron chi connectivity index (χ0n) is 26.0. The molecular formula is C33H45NO9. The minimum absolute atomic E-state index is 0.0175. The number of aliphatic hydroxyl groups excluding tert-OH is 1. The van der Waals surface area contributed by atoms with Crippen LogP contribution in [0.1, 0.15) is 43.1 Å². The van der Waals surface area contributed by atoms with Gasteiger partial charge in [0.15, 0.2) is 19.3 Å². The van der Waals surface area contributed by atoms with E-state index >= 15 is 0 Å². The van der Waals surface area contributed by atoms with Gasteiger partial charge in [-0.05, 0) is 29.4 Å². The lowest BCUT2D eigenvalue weighted by Gasteiger charge is -2.30. The summed E-state index contributed by atoms with van der Waals surface area (Å²) in [5.41, 5.74) is 2.48. The number of methoxy groups -OCH3 is 4. The summed E-state index contributed by atoms with van der Waals surface area (Å²) in [6, 6.07) is 20.1. The van der Waals surface area contributed by atoms with Gasteiger partial charge in [0.05, 0.1) is 51.8 Å². The minimum Gasteiger partial charge on any atom is -0.489 e. The van der Waals surface area contributed by atoms with Crippen LogP contribution in [0, 0.1) is 11.8 Å². The van der Waals surface area contributed by atoms with Crippen LogP contribution in [0.25, 0.3) is 0 Å². The van der Waals surface area contributed by atoms with Crippen LogP contribution in [-0.2, 0) is 32.2 Å². The second-order valence-electron chi connectivity index (χ2n) is 10.3. The first-order valence-corrected chi connectivity index (χ1v) is 14.3. The molecule has 1 heterocycles. The lowest BCUT2D eigenvalue weighted by Crippen LogP contribution is -2.30. The van der Waals surface area contributed by atoms with Gasteiger partial charge in [-0.15, -0.1) is 0 Å². The number of aromatic nitrogens is 1. The van der Waals surface area contributed by atoms with E-state index in [9.17, 15) is 5.11 Å². The molecule has 0 fully saturated rings. The molecule has 0 spiro atoms. The fraction of sp³-hybridized carbons (Fsp3) is 0.485. The van der Waals surface area contributed by atoms with E-state index in [1.807, 2.05) is 67.6 Å². The second kappa shape index (κ2) is 18.3. The molecule has 0 aliphatic rings. The number of hydrogen-bond acceptors (Lipinski definition) is 10. The van der Waals surface area contributed by atoms with E-state index in [4.69, 9.17) is 37.9 Å². The molecule has 0 amide bonds. The smallest absolute Gasteiger partial charge is 0.264 e. The van der Waals surface area contributed by atoms with Gasteiger partial charge in [-0.3, -0.25) is 0 Å². The van der Waals surface area contributed by atoms with Crippen molar-refractivity contribution in [1.82, 2.24) is 4.98 Å². The number of ether oxygens (including phenoxy) is 8. The van der Waals surface area contributed by atoms with Crippen molar-refractivity contribution in [3.8, 4) is 23.3 Å². The molecule has 0 aliphatic heterocycles. The zero-order valence-corrected chi connectivity index (χ0v) is 26.0. The van der Waals surface area contributed by atoms with Crippen molar-refractivity contribution >= 4 is 0 Å². The van der Waals surface area contributed by atoms with Crippen LogP contribution < -0.4 is 18.9 Å². The van der Waals surface area contributed by atoms with Crippen molar-refractivity contribution in [3.63, 3.8) is 0 Å². The van der Waals surface area contributed by atoms with Crippen molar-refractivity contribution in [2.24, 2.45) is 11.8 Å². The lowest BCUT2D eigenvalue weighted by atomic mass is 9.86. The topological polar surface area (TPSA) is 107 Å². The van der Waals surface area contributed by atoms with Crippen LogP contribution in [0.3, 0.4) is 0 Å². The van der Waals surface area contributed by atoms with E-state index in [-0.39, 0.29) is 54.8 Å². The van der Waals surface area contributed by atoms with Crippen molar-refractivity contribution < 1.29 is 43.0 Å². The largest absolute Gasteiger partial charge is 0.489 e. The number of rotatable bonds is 20. The van der Waals surface area contributed by atoms with Crippen molar-refractivity contribution in [2.75, 3.05) is 48.6 Å². The summed E-state index contributed by atoms with van der Waals surface area (Å²) in [6.45, 7) is 5.20. The summed E-state index contributed by atoms with van der Waals surface area (Å²) in [5.74, 6) is 0.433. The monoisotopic (exact) mass is 599 g/mol. The number of nitrogens with zero attached hydrogens (tertiary/aromatic N) is 1. The SMILES string of the molecule is COCOc1nc(OC)c(OC)c(OCOC)c1C(O)[C@@H](C)C[C@H](C)[C@@H](COCc1ccccc1)OCc1ccccc1. The molecule has 3 rings (SSSR count). The van der Waals surface area contributed by atoms with Crippen LogP contribution in [0.15, 0.2) is 60.7 Å². The Morgan fingerprint density at radius 1 is 0.698 bits per heavy atom. The first kappa shape index (κ1) is 34.1. The number of aliphatic hydroxyl groups is 1. The Bertz CT molecular complexity index is 1200. The maximum absolute atomic E-state index is 11.7. The van der Waals surface area contributed by atoms with E-state index in [1.165, 1.54) is 28.4 Å². The molecule has 1 aromatic heterocycles. The first-order chi connectivity index (χ1) is 20.9. The number of hydrogen-bond donors (Lipinski definition) is 1. The highest BCUT2D eigenvalue weighted by molar-refractivity contribution is 5.57. The Morgan fingerprint density at radius 2 is 1.30 bits per heavy atom. The summed E-state index contributed by atoms with van der Waals surface area (Å²) in [6.07, 6.45) is -0.680. The summed E-state index contributed by atoms with van der Waals surface area (Å²) < 4.78 is 45.4. The molecule has 1 N–H and O–H groups in total. The molecule has 10 nitrogen and oxygen atoms in total. The van der Waals surface area contributed by atoms with Crippen LogP contribution in [0.5, 0.6) is 23.3 Å². The molecular weight excluding hydrogens is 554 g/mol. The first-order valence-electron chi connectivity index (χ1n) is 14.3. The summed E-state index contributed by atoms with van der Waals surface area (Å²) in [4.78, 5) is 4.44. The highest BCUT2D eigenvalue weighted by Crippen LogP contribution is 2.48. The molecule has 10 heteroatoms. The molecule has 0 saturated carbocycles. The second-order valence-corrected chi connectivity index (χ2v) is 10.3. The van der Waals surface area contributed by atoms with Crippen LogP contribution in [0.4, 0.5) is 0 Å². The molecule has 0 saturated heterocycles. The fourth-order valence-electron chi connectivity index (χ4n) is 4.76. The van der Waals surface area contributed by atoms with Gasteiger partial charge in [0.2, 0.25) is 11.6 Å². The molecule has 0 radical (unpaired) electrons. The molecule has 0 aliphatic carbocycles. The van der Waals surface area contributed by atoms with Gasteiger partial charge in [0.25, 0.3) is 5.88 Å². The van der Waals surface area contributed by atoms with Gasteiger partial charge >= 0.3 is 0 Å². The summed E-state index contributed by atoms with van der Waals surface area (Å²) in [7, 11) is 5.93. The summed E-state index contributed by atoms with van der Waals surface area (Å²) in [5, 5.41) is 11.7. The average molecular weight is 600 g/mol. The van der Waals surface area contributed by atoms with Gasteiger partial charge in [0, 0.05) is 14.2 Å². The molecule has 4 atom stereocenters. The van der Waals surface area contributed by atoms with Gasteiger partial charge < -0.3 is 43.0 Å². The summed E-state index contributed by atoms with van der Waals surface area (Å²) >= 11 is 0. The number of benzene rings is 2. The third-order valence-electron chi connectivity index (χ3n) is 7.02. The Balaban J connectivity index is 1.83. The Labute approximate surface area is 254 Å². The highest BCUT2D eigenvalue weighted by atomic mass is 16.7. The van der Waals surface area contributed by atoms with Crippen molar-refractivity contribution in [2.45, 2.75) is 45.7 Å². The fourth-order valence-corrected chi connectivity index (χ4v) is 4.76. The predicted octanol–water partition coefficient (Wildman–Crippen LogP) is 5.56. The van der Waals surface area contributed by atoms with Crippen LogP contribution in [0.2, 0.25) is 0 Å². The normalized spacial score (nSPS) is 14.0.